The fourth-order valence-corrected chi connectivity index (χ4v) is 2.47. The lowest BCUT2D eigenvalue weighted by Gasteiger charge is -2.25. The van der Waals surface area contributed by atoms with Crippen molar-refractivity contribution in [2.24, 2.45) is 5.73 Å². The van der Waals surface area contributed by atoms with E-state index in [9.17, 15) is 4.79 Å². The molecule has 1 saturated heterocycles. The molecule has 1 aromatic carbocycles. The molecule has 18 heavy (non-hydrogen) atoms. The number of carbonyl (C=O) groups is 1. The van der Waals surface area contributed by atoms with Crippen LogP contribution in [-0.2, 0) is 4.79 Å². The number of amides is 1. The maximum atomic E-state index is 11.6. The number of hydrogen-bond donors (Lipinski definition) is 1. The van der Waals surface area contributed by atoms with Crippen molar-refractivity contribution in [2.45, 2.75) is 25.8 Å². The predicted octanol–water partition coefficient (Wildman–Crippen LogP) is 1.71. The van der Waals surface area contributed by atoms with Gasteiger partial charge < -0.3 is 10.5 Å². The van der Waals surface area contributed by atoms with E-state index in [0.29, 0.717) is 6.61 Å². The summed E-state index contributed by atoms with van der Waals surface area (Å²) in [6.45, 7) is 4.48. The number of rotatable bonds is 5. The first-order valence-electron chi connectivity index (χ1n) is 6.48. The van der Waals surface area contributed by atoms with Crippen LogP contribution >= 0.6 is 0 Å². The standard InChI is InChI=1S/C14H20N2O2/c1-2-18-12-7-5-11(6-8-12)13(14(15)17)16-9-3-4-10-16/h5-8,13H,2-4,9-10H2,1H3,(H2,15,17). The van der Waals surface area contributed by atoms with Crippen molar-refractivity contribution in [3.63, 3.8) is 0 Å². The van der Waals surface area contributed by atoms with Gasteiger partial charge in [-0.3, -0.25) is 9.69 Å². The topological polar surface area (TPSA) is 55.6 Å². The summed E-state index contributed by atoms with van der Waals surface area (Å²) >= 11 is 0. The van der Waals surface area contributed by atoms with Gasteiger partial charge in [-0.2, -0.15) is 0 Å². The van der Waals surface area contributed by atoms with Crippen molar-refractivity contribution in [1.82, 2.24) is 4.90 Å². The molecule has 4 nitrogen and oxygen atoms in total. The van der Waals surface area contributed by atoms with Crippen LogP contribution in [0.15, 0.2) is 24.3 Å². The van der Waals surface area contributed by atoms with E-state index < -0.39 is 0 Å². The van der Waals surface area contributed by atoms with Crippen molar-refractivity contribution in [3.05, 3.63) is 29.8 Å². The molecule has 0 spiro atoms. The Balaban J connectivity index is 2.17. The third-order valence-electron chi connectivity index (χ3n) is 3.28. The summed E-state index contributed by atoms with van der Waals surface area (Å²) in [5.74, 6) is 0.548. The van der Waals surface area contributed by atoms with Gasteiger partial charge in [0.05, 0.1) is 6.61 Å². The molecule has 1 unspecified atom stereocenters. The van der Waals surface area contributed by atoms with E-state index in [4.69, 9.17) is 10.5 Å². The average Bonchev–Trinajstić information content (AvgIpc) is 2.85. The van der Waals surface area contributed by atoms with Crippen LogP contribution in [0, 0.1) is 0 Å². The zero-order chi connectivity index (χ0) is 13.0. The summed E-state index contributed by atoms with van der Waals surface area (Å²) in [6.07, 6.45) is 2.28. The minimum absolute atomic E-state index is 0.277. The van der Waals surface area contributed by atoms with Gasteiger partial charge in [-0.15, -0.1) is 0 Å². The summed E-state index contributed by atoms with van der Waals surface area (Å²) in [5, 5.41) is 0. The van der Waals surface area contributed by atoms with Crippen LogP contribution in [0.4, 0.5) is 0 Å². The summed E-state index contributed by atoms with van der Waals surface area (Å²) in [5.41, 5.74) is 6.49. The molecule has 98 valence electrons. The largest absolute Gasteiger partial charge is 0.494 e. The molecule has 1 aromatic rings. The van der Waals surface area contributed by atoms with E-state index in [-0.39, 0.29) is 11.9 Å². The van der Waals surface area contributed by atoms with Gasteiger partial charge in [0.2, 0.25) is 5.91 Å². The normalized spacial score (nSPS) is 17.6. The van der Waals surface area contributed by atoms with Gasteiger partial charge in [0.15, 0.2) is 0 Å². The lowest BCUT2D eigenvalue weighted by atomic mass is 10.0. The maximum absolute atomic E-state index is 11.6. The highest BCUT2D eigenvalue weighted by Gasteiger charge is 2.27. The molecule has 0 aliphatic carbocycles. The van der Waals surface area contributed by atoms with Crippen LogP contribution in [0.25, 0.3) is 0 Å². The van der Waals surface area contributed by atoms with E-state index >= 15 is 0 Å². The van der Waals surface area contributed by atoms with Crippen LogP contribution in [0.2, 0.25) is 0 Å². The Labute approximate surface area is 108 Å². The average molecular weight is 248 g/mol. The zero-order valence-corrected chi connectivity index (χ0v) is 10.8. The Hall–Kier alpha value is -1.55. The number of carbonyl (C=O) groups excluding carboxylic acids is 1. The van der Waals surface area contributed by atoms with Gasteiger partial charge in [0.25, 0.3) is 0 Å². The van der Waals surface area contributed by atoms with E-state index in [1.165, 1.54) is 0 Å². The molecule has 1 amide bonds. The second-order valence-electron chi connectivity index (χ2n) is 4.55. The smallest absolute Gasteiger partial charge is 0.239 e. The first-order chi connectivity index (χ1) is 8.72. The van der Waals surface area contributed by atoms with Gasteiger partial charge in [-0.25, -0.2) is 0 Å². The van der Waals surface area contributed by atoms with E-state index in [0.717, 1.165) is 37.2 Å². The van der Waals surface area contributed by atoms with Gasteiger partial charge in [-0.05, 0) is 50.6 Å². The van der Waals surface area contributed by atoms with Gasteiger partial charge >= 0.3 is 0 Å². The third kappa shape index (κ3) is 2.82. The number of nitrogens with two attached hydrogens (primary N) is 1. The molecule has 1 aliphatic rings. The van der Waals surface area contributed by atoms with Gasteiger partial charge in [0.1, 0.15) is 11.8 Å². The number of hydrogen-bond acceptors (Lipinski definition) is 3. The molecule has 2 rings (SSSR count). The van der Waals surface area contributed by atoms with E-state index in [1.54, 1.807) is 0 Å². The number of benzene rings is 1. The molecule has 1 atom stereocenters. The summed E-state index contributed by atoms with van der Waals surface area (Å²) in [7, 11) is 0. The Bertz CT molecular complexity index is 397. The molecular formula is C14H20N2O2. The van der Waals surface area contributed by atoms with E-state index in [1.807, 2.05) is 31.2 Å². The number of primary amides is 1. The quantitative estimate of drug-likeness (QED) is 0.863. The van der Waals surface area contributed by atoms with Gasteiger partial charge in [-0.1, -0.05) is 12.1 Å². The lowest BCUT2D eigenvalue weighted by Crippen LogP contribution is -2.35. The zero-order valence-electron chi connectivity index (χ0n) is 10.8. The molecule has 0 saturated carbocycles. The van der Waals surface area contributed by atoms with Crippen LogP contribution in [-0.4, -0.2) is 30.5 Å². The first-order valence-corrected chi connectivity index (χ1v) is 6.48. The Morgan fingerprint density at radius 3 is 2.44 bits per heavy atom. The van der Waals surface area contributed by atoms with Crippen LogP contribution in [0.1, 0.15) is 31.4 Å². The molecule has 0 radical (unpaired) electrons. The van der Waals surface area contributed by atoms with Crippen molar-refractivity contribution in [3.8, 4) is 5.75 Å². The minimum atomic E-state index is -0.303. The minimum Gasteiger partial charge on any atom is -0.494 e. The first kappa shape index (κ1) is 12.9. The summed E-state index contributed by atoms with van der Waals surface area (Å²) < 4.78 is 5.40. The molecule has 1 fully saturated rings. The van der Waals surface area contributed by atoms with Crippen molar-refractivity contribution >= 4 is 5.91 Å². The molecule has 1 aliphatic heterocycles. The Morgan fingerprint density at radius 1 is 1.33 bits per heavy atom. The predicted molar refractivity (Wildman–Crippen MR) is 70.4 cm³/mol. The number of likely N-dealkylation sites (tertiary alicyclic amines) is 1. The highest BCUT2D eigenvalue weighted by molar-refractivity contribution is 5.81. The van der Waals surface area contributed by atoms with Crippen molar-refractivity contribution in [1.29, 1.82) is 0 Å². The SMILES string of the molecule is CCOc1ccc(C(C(N)=O)N2CCCC2)cc1. The third-order valence-corrected chi connectivity index (χ3v) is 3.28. The fourth-order valence-electron chi connectivity index (χ4n) is 2.47. The number of ether oxygens (including phenoxy) is 1. The van der Waals surface area contributed by atoms with Gasteiger partial charge in [0, 0.05) is 0 Å². The summed E-state index contributed by atoms with van der Waals surface area (Å²) in [4.78, 5) is 13.8. The highest BCUT2D eigenvalue weighted by atomic mass is 16.5. The molecule has 1 heterocycles. The maximum Gasteiger partial charge on any atom is 0.239 e. The van der Waals surface area contributed by atoms with E-state index in [2.05, 4.69) is 4.90 Å². The Kier molecular flexibility index (Phi) is 4.20. The van der Waals surface area contributed by atoms with Crippen LogP contribution in [0.5, 0.6) is 5.75 Å². The van der Waals surface area contributed by atoms with Crippen molar-refractivity contribution < 1.29 is 9.53 Å². The van der Waals surface area contributed by atoms with Crippen LogP contribution < -0.4 is 10.5 Å². The van der Waals surface area contributed by atoms with Crippen LogP contribution in [0.3, 0.4) is 0 Å². The number of nitrogens with zero attached hydrogens (tertiary/aromatic N) is 1. The highest BCUT2D eigenvalue weighted by Crippen LogP contribution is 2.26. The molecule has 0 aromatic heterocycles. The fraction of sp³-hybridized carbons (Fsp3) is 0.500. The van der Waals surface area contributed by atoms with Crippen molar-refractivity contribution in [2.75, 3.05) is 19.7 Å². The monoisotopic (exact) mass is 248 g/mol. The lowest BCUT2D eigenvalue weighted by molar-refractivity contribution is -0.123. The second-order valence-corrected chi connectivity index (χ2v) is 4.55. The molecule has 2 N–H and O–H groups in total. The molecule has 0 bridgehead atoms. The Morgan fingerprint density at radius 2 is 1.94 bits per heavy atom. The summed E-state index contributed by atoms with van der Waals surface area (Å²) in [6, 6.07) is 7.34. The molecule has 4 heteroatoms. The molecular weight excluding hydrogens is 228 g/mol. The second kappa shape index (κ2) is 5.87.